The minimum absolute atomic E-state index is 0.301. The molecule has 0 saturated carbocycles. The Morgan fingerprint density at radius 2 is 1.79 bits per heavy atom. The van der Waals surface area contributed by atoms with E-state index in [1.165, 1.54) is 4.68 Å². The number of halogens is 3. The average Bonchev–Trinajstić information content (AvgIpc) is 3.08. The molecule has 1 N–H and O–H groups in total. The number of hydrogen-bond acceptors (Lipinski definition) is 6. The fourth-order valence-electron chi connectivity index (χ4n) is 2.44. The molecule has 0 aliphatic heterocycles. The van der Waals surface area contributed by atoms with E-state index in [1.54, 1.807) is 25.2 Å². The molecule has 0 bridgehead atoms. The molecule has 0 radical (unpaired) electrons. The van der Waals surface area contributed by atoms with E-state index in [2.05, 4.69) is 20.8 Å². The van der Waals surface area contributed by atoms with Gasteiger partial charge in [-0.1, -0.05) is 46.0 Å². The van der Waals surface area contributed by atoms with E-state index in [1.807, 2.05) is 19.1 Å². The molecular formula is C18H18Cl3N5O2. The second-order valence-corrected chi connectivity index (χ2v) is 7.06. The zero-order valence-corrected chi connectivity index (χ0v) is 17.5. The summed E-state index contributed by atoms with van der Waals surface area (Å²) < 4.78 is 13.2. The monoisotopic (exact) mass is 441 g/mol. The molecule has 28 heavy (non-hydrogen) atoms. The topological polar surface area (TPSA) is 74.1 Å². The van der Waals surface area contributed by atoms with Crippen LogP contribution in [0, 0.1) is 0 Å². The van der Waals surface area contributed by atoms with Gasteiger partial charge >= 0.3 is 0 Å². The number of ether oxygens (including phenoxy) is 2. The molecule has 3 aromatic rings. The van der Waals surface area contributed by atoms with Crippen molar-refractivity contribution in [1.82, 2.24) is 20.2 Å². The number of aromatic nitrogens is 4. The van der Waals surface area contributed by atoms with Gasteiger partial charge in [0.1, 0.15) is 6.61 Å². The van der Waals surface area contributed by atoms with E-state index < -0.39 is 0 Å². The molecule has 0 spiro atoms. The van der Waals surface area contributed by atoms with E-state index in [0.717, 1.165) is 11.1 Å². The summed E-state index contributed by atoms with van der Waals surface area (Å²) in [4.78, 5) is 0. The Kier molecular flexibility index (Phi) is 6.83. The summed E-state index contributed by atoms with van der Waals surface area (Å²) in [5, 5.41) is 15.9. The molecule has 0 unspecified atom stereocenters. The molecule has 0 fully saturated rings. The van der Waals surface area contributed by atoms with Crippen LogP contribution in [-0.4, -0.2) is 26.8 Å². The zero-order chi connectivity index (χ0) is 20.1. The number of nitrogens with zero attached hydrogens (tertiary/aromatic N) is 4. The third-order valence-electron chi connectivity index (χ3n) is 3.85. The van der Waals surface area contributed by atoms with E-state index in [9.17, 15) is 0 Å². The zero-order valence-electron chi connectivity index (χ0n) is 15.2. The van der Waals surface area contributed by atoms with Gasteiger partial charge in [0.15, 0.2) is 11.5 Å². The van der Waals surface area contributed by atoms with Crippen LogP contribution in [0.2, 0.25) is 15.1 Å². The molecular weight excluding hydrogens is 425 g/mol. The number of anilines is 1. The predicted molar refractivity (Wildman–Crippen MR) is 110 cm³/mol. The lowest BCUT2D eigenvalue weighted by Crippen LogP contribution is -2.07. The maximum atomic E-state index is 6.44. The Balaban J connectivity index is 1.75. The molecule has 2 aromatic carbocycles. The first-order chi connectivity index (χ1) is 13.5. The van der Waals surface area contributed by atoms with Crippen LogP contribution < -0.4 is 14.8 Å². The van der Waals surface area contributed by atoms with Crippen molar-refractivity contribution in [3.8, 4) is 11.5 Å². The minimum Gasteiger partial charge on any atom is -0.490 e. The van der Waals surface area contributed by atoms with Crippen LogP contribution in [0.15, 0.2) is 30.3 Å². The average molecular weight is 443 g/mol. The highest BCUT2D eigenvalue weighted by atomic mass is 35.5. The van der Waals surface area contributed by atoms with Gasteiger partial charge in [-0.25, -0.2) is 4.68 Å². The van der Waals surface area contributed by atoms with Crippen molar-refractivity contribution in [3.63, 3.8) is 0 Å². The van der Waals surface area contributed by atoms with E-state index in [0.29, 0.717) is 52.3 Å². The largest absolute Gasteiger partial charge is 0.490 e. The summed E-state index contributed by atoms with van der Waals surface area (Å²) in [7, 11) is 1.75. The maximum absolute atomic E-state index is 6.44. The van der Waals surface area contributed by atoms with Crippen molar-refractivity contribution < 1.29 is 9.47 Å². The summed E-state index contributed by atoms with van der Waals surface area (Å²) in [5.41, 5.74) is 1.71. The second-order valence-electron chi connectivity index (χ2n) is 5.84. The molecule has 7 nitrogen and oxygen atoms in total. The van der Waals surface area contributed by atoms with Gasteiger partial charge in [-0.05, 0) is 46.7 Å². The first-order valence-corrected chi connectivity index (χ1v) is 9.59. The van der Waals surface area contributed by atoms with Crippen LogP contribution in [0.5, 0.6) is 11.5 Å². The number of hydrogen-bond donors (Lipinski definition) is 1. The molecule has 0 amide bonds. The Hall–Kier alpha value is -2.22. The van der Waals surface area contributed by atoms with Gasteiger partial charge in [0, 0.05) is 24.7 Å². The predicted octanol–water partition coefficient (Wildman–Crippen LogP) is 4.76. The Bertz CT molecular complexity index is 964. The molecule has 0 saturated heterocycles. The molecule has 1 aromatic heterocycles. The first-order valence-electron chi connectivity index (χ1n) is 8.46. The van der Waals surface area contributed by atoms with E-state index >= 15 is 0 Å². The lowest BCUT2D eigenvalue weighted by molar-refractivity contribution is 0.269. The number of nitrogens with one attached hydrogen (secondary N) is 1. The number of rotatable bonds is 8. The van der Waals surface area contributed by atoms with Gasteiger partial charge in [0.25, 0.3) is 0 Å². The third-order valence-corrected chi connectivity index (χ3v) is 4.94. The standard InChI is InChI=1S/C18H18Cl3N5O2/c1-3-27-16-7-12(9-22-18-23-24-25-26(18)2)14(20)8-17(16)28-10-11-4-5-13(19)15(21)6-11/h4-8H,3,9-10H2,1-2H3,(H,22,23,25). The van der Waals surface area contributed by atoms with Crippen LogP contribution in [0.1, 0.15) is 18.1 Å². The summed E-state index contributed by atoms with van der Waals surface area (Å²) in [6.07, 6.45) is 0. The van der Waals surface area contributed by atoms with Crippen molar-refractivity contribution in [2.75, 3.05) is 11.9 Å². The van der Waals surface area contributed by atoms with Gasteiger partial charge in [-0.3, -0.25) is 0 Å². The summed E-state index contributed by atoms with van der Waals surface area (Å²) in [6.45, 7) is 3.13. The lowest BCUT2D eigenvalue weighted by Gasteiger charge is -2.15. The number of benzene rings is 2. The molecule has 0 atom stereocenters. The smallest absolute Gasteiger partial charge is 0.242 e. The fraction of sp³-hybridized carbons (Fsp3) is 0.278. The first kappa shape index (κ1) is 20.5. The SMILES string of the molecule is CCOc1cc(CNc2nnnn2C)c(Cl)cc1OCc1ccc(Cl)c(Cl)c1. The lowest BCUT2D eigenvalue weighted by atomic mass is 10.2. The highest BCUT2D eigenvalue weighted by Crippen LogP contribution is 2.35. The normalized spacial score (nSPS) is 10.8. The number of tetrazole rings is 1. The highest BCUT2D eigenvalue weighted by molar-refractivity contribution is 6.42. The molecule has 3 rings (SSSR count). The number of aryl methyl sites for hydroxylation is 1. The van der Waals surface area contributed by atoms with Crippen LogP contribution in [-0.2, 0) is 20.2 Å². The third kappa shape index (κ3) is 4.98. The molecule has 0 aliphatic carbocycles. The second kappa shape index (κ2) is 9.32. The summed E-state index contributed by atoms with van der Waals surface area (Å²) in [5.74, 6) is 1.68. The maximum Gasteiger partial charge on any atom is 0.242 e. The summed E-state index contributed by atoms with van der Waals surface area (Å²) >= 11 is 18.4. The van der Waals surface area contributed by atoms with Crippen LogP contribution in [0.4, 0.5) is 5.95 Å². The van der Waals surface area contributed by atoms with Crippen molar-refractivity contribution in [2.24, 2.45) is 7.05 Å². The Morgan fingerprint density at radius 3 is 2.46 bits per heavy atom. The molecule has 10 heteroatoms. The van der Waals surface area contributed by atoms with Gasteiger partial charge in [-0.15, -0.1) is 0 Å². The van der Waals surface area contributed by atoms with Crippen LogP contribution in [0.3, 0.4) is 0 Å². The van der Waals surface area contributed by atoms with Gasteiger partial charge in [0.2, 0.25) is 5.95 Å². The Labute approximate surface area is 177 Å². The van der Waals surface area contributed by atoms with Crippen LogP contribution >= 0.6 is 34.8 Å². The highest BCUT2D eigenvalue weighted by Gasteiger charge is 2.13. The van der Waals surface area contributed by atoms with Gasteiger partial charge in [-0.2, -0.15) is 0 Å². The van der Waals surface area contributed by atoms with Gasteiger partial charge in [0.05, 0.1) is 16.7 Å². The quantitative estimate of drug-likeness (QED) is 0.542. The molecule has 148 valence electrons. The van der Waals surface area contributed by atoms with Crippen molar-refractivity contribution >= 4 is 40.8 Å². The minimum atomic E-state index is 0.301. The van der Waals surface area contributed by atoms with Crippen molar-refractivity contribution in [3.05, 3.63) is 56.5 Å². The summed E-state index contributed by atoms with van der Waals surface area (Å²) in [6, 6.07) is 8.92. The van der Waals surface area contributed by atoms with E-state index in [4.69, 9.17) is 44.3 Å². The van der Waals surface area contributed by atoms with Crippen LogP contribution in [0.25, 0.3) is 0 Å². The molecule has 1 heterocycles. The van der Waals surface area contributed by atoms with Gasteiger partial charge < -0.3 is 14.8 Å². The van der Waals surface area contributed by atoms with Crippen molar-refractivity contribution in [1.29, 1.82) is 0 Å². The fourth-order valence-corrected chi connectivity index (χ4v) is 2.98. The van der Waals surface area contributed by atoms with E-state index in [-0.39, 0.29) is 0 Å². The Morgan fingerprint density at radius 1 is 1.00 bits per heavy atom. The van der Waals surface area contributed by atoms with Crippen molar-refractivity contribution in [2.45, 2.75) is 20.1 Å². The molecule has 0 aliphatic rings.